The summed E-state index contributed by atoms with van der Waals surface area (Å²) < 4.78 is 39.6. The monoisotopic (exact) mass is 423 g/mol. The van der Waals surface area contributed by atoms with Crippen LogP contribution in [0.25, 0.3) is 0 Å². The van der Waals surface area contributed by atoms with Crippen LogP contribution in [-0.4, -0.2) is 32.2 Å². The number of hydrogen-bond acceptors (Lipinski definition) is 5. The molecule has 0 heterocycles. The molecule has 1 amide bonds. The lowest BCUT2D eigenvalue weighted by molar-refractivity contribution is -0.173. The molecule has 4 fully saturated rings. The van der Waals surface area contributed by atoms with Gasteiger partial charge in [0.05, 0.1) is 12.5 Å². The number of carbonyl (C=O) groups is 2. The van der Waals surface area contributed by atoms with Crippen LogP contribution in [0.1, 0.15) is 44.1 Å². The summed E-state index contributed by atoms with van der Waals surface area (Å²) in [6, 6.07) is 4.43. The highest BCUT2D eigenvalue weighted by Crippen LogP contribution is 2.60. The molecule has 4 aliphatic carbocycles. The summed E-state index contributed by atoms with van der Waals surface area (Å²) in [5.41, 5.74) is 0.261. The van der Waals surface area contributed by atoms with Gasteiger partial charge in [-0.05, 0) is 74.0 Å². The highest BCUT2D eigenvalue weighted by Gasteiger charge is 2.55. The summed E-state index contributed by atoms with van der Waals surface area (Å²) in [5.74, 6) is 1.33. The van der Waals surface area contributed by atoms with Crippen LogP contribution in [0.15, 0.2) is 18.2 Å². The maximum absolute atomic E-state index is 12.8. The maximum Gasteiger partial charge on any atom is 0.387 e. The van der Waals surface area contributed by atoms with Crippen LogP contribution in [-0.2, 0) is 20.9 Å². The van der Waals surface area contributed by atoms with Gasteiger partial charge in [0.2, 0.25) is 0 Å². The van der Waals surface area contributed by atoms with Crippen molar-refractivity contribution in [2.75, 3.05) is 13.7 Å². The molecule has 0 aromatic heterocycles. The number of methoxy groups -OCH3 is 1. The van der Waals surface area contributed by atoms with E-state index in [1.807, 2.05) is 0 Å². The van der Waals surface area contributed by atoms with Gasteiger partial charge in [-0.2, -0.15) is 8.78 Å². The van der Waals surface area contributed by atoms with E-state index in [0.717, 1.165) is 19.3 Å². The molecule has 0 saturated heterocycles. The molecule has 1 aromatic carbocycles. The topological polar surface area (TPSA) is 73.9 Å². The van der Waals surface area contributed by atoms with Gasteiger partial charge in [0, 0.05) is 6.54 Å². The molecule has 1 N–H and O–H groups in total. The van der Waals surface area contributed by atoms with Gasteiger partial charge in [0.1, 0.15) is 0 Å². The van der Waals surface area contributed by atoms with Crippen molar-refractivity contribution in [3.8, 4) is 11.5 Å². The first-order valence-corrected chi connectivity index (χ1v) is 10.4. The van der Waals surface area contributed by atoms with Crippen molar-refractivity contribution in [1.29, 1.82) is 0 Å². The Labute approximate surface area is 174 Å². The van der Waals surface area contributed by atoms with Crippen LogP contribution < -0.4 is 14.8 Å². The number of rotatable bonds is 8. The maximum atomic E-state index is 12.8. The Hall–Kier alpha value is -2.38. The van der Waals surface area contributed by atoms with E-state index in [4.69, 9.17) is 9.47 Å². The molecule has 4 aliphatic rings. The molecule has 0 spiro atoms. The normalized spacial score (nSPS) is 29.0. The first kappa shape index (κ1) is 20.9. The van der Waals surface area contributed by atoms with Crippen LogP contribution in [0.5, 0.6) is 11.5 Å². The summed E-state index contributed by atoms with van der Waals surface area (Å²) in [6.07, 6.45) is 6.39. The molecule has 0 radical (unpaired) electrons. The van der Waals surface area contributed by atoms with E-state index >= 15 is 0 Å². The quantitative estimate of drug-likeness (QED) is 0.646. The number of hydrogen-bond donors (Lipinski definition) is 1. The summed E-state index contributed by atoms with van der Waals surface area (Å²) in [5, 5.41) is 2.68. The Balaban J connectivity index is 1.27. The molecule has 30 heavy (non-hydrogen) atoms. The van der Waals surface area contributed by atoms with Gasteiger partial charge in [0.15, 0.2) is 18.1 Å². The van der Waals surface area contributed by atoms with Crippen molar-refractivity contribution in [3.63, 3.8) is 0 Å². The predicted molar refractivity (Wildman–Crippen MR) is 103 cm³/mol. The lowest BCUT2D eigenvalue weighted by Gasteiger charge is -2.55. The van der Waals surface area contributed by atoms with Crippen LogP contribution in [0.4, 0.5) is 8.78 Å². The first-order valence-electron chi connectivity index (χ1n) is 10.4. The number of benzene rings is 1. The second-order valence-corrected chi connectivity index (χ2v) is 8.91. The van der Waals surface area contributed by atoms with E-state index in [1.54, 1.807) is 6.07 Å². The first-order chi connectivity index (χ1) is 14.4. The molecule has 4 bridgehead atoms. The Morgan fingerprint density at radius 1 is 1.10 bits per heavy atom. The van der Waals surface area contributed by atoms with Crippen molar-refractivity contribution < 1.29 is 32.6 Å². The number of nitrogens with one attached hydrogen (secondary N) is 1. The Kier molecular flexibility index (Phi) is 5.84. The fraction of sp³-hybridized carbons (Fsp3) is 0.636. The number of halogens is 2. The Morgan fingerprint density at radius 2 is 1.73 bits per heavy atom. The molecule has 5 rings (SSSR count). The van der Waals surface area contributed by atoms with E-state index in [1.165, 1.54) is 38.5 Å². The van der Waals surface area contributed by atoms with E-state index < -0.39 is 12.5 Å². The third-order valence-electron chi connectivity index (χ3n) is 6.74. The number of amides is 1. The van der Waals surface area contributed by atoms with Crippen molar-refractivity contribution in [3.05, 3.63) is 23.8 Å². The van der Waals surface area contributed by atoms with Gasteiger partial charge in [-0.25, -0.2) is 0 Å². The van der Waals surface area contributed by atoms with Gasteiger partial charge in [-0.1, -0.05) is 6.07 Å². The van der Waals surface area contributed by atoms with Crippen LogP contribution in [0.2, 0.25) is 0 Å². The summed E-state index contributed by atoms with van der Waals surface area (Å²) >= 11 is 0. The molecule has 0 aliphatic heterocycles. The molecule has 0 unspecified atom stereocenters. The largest absolute Gasteiger partial charge is 0.493 e. The summed E-state index contributed by atoms with van der Waals surface area (Å²) in [6.45, 7) is -3.11. The fourth-order valence-corrected chi connectivity index (χ4v) is 5.91. The molecule has 164 valence electrons. The highest BCUT2D eigenvalue weighted by molar-refractivity contribution is 5.83. The van der Waals surface area contributed by atoms with Crippen molar-refractivity contribution in [2.45, 2.75) is 51.7 Å². The number of ether oxygens (including phenoxy) is 3. The van der Waals surface area contributed by atoms with Crippen LogP contribution in [0.3, 0.4) is 0 Å². The molecule has 0 atom stereocenters. The lowest BCUT2D eigenvalue weighted by atomic mass is 9.49. The second-order valence-electron chi connectivity index (χ2n) is 8.91. The minimum Gasteiger partial charge on any atom is -0.493 e. The zero-order valence-corrected chi connectivity index (χ0v) is 17.0. The molecular weight excluding hydrogens is 396 g/mol. The molecule has 6 nitrogen and oxygen atoms in total. The van der Waals surface area contributed by atoms with E-state index in [2.05, 4.69) is 10.1 Å². The van der Waals surface area contributed by atoms with Gasteiger partial charge in [-0.3, -0.25) is 9.59 Å². The number of esters is 1. The van der Waals surface area contributed by atoms with Gasteiger partial charge in [-0.15, -0.1) is 0 Å². The smallest absolute Gasteiger partial charge is 0.387 e. The highest BCUT2D eigenvalue weighted by atomic mass is 19.3. The predicted octanol–water partition coefficient (Wildman–Crippen LogP) is 3.67. The van der Waals surface area contributed by atoms with Gasteiger partial charge < -0.3 is 19.5 Å². The van der Waals surface area contributed by atoms with Crippen molar-refractivity contribution in [2.24, 2.45) is 23.2 Å². The number of alkyl halides is 2. The van der Waals surface area contributed by atoms with Gasteiger partial charge >= 0.3 is 12.6 Å². The minimum absolute atomic E-state index is 0.0768. The SMILES string of the molecule is COc1cc(CNC(=O)COC(=O)C23CC4CC(CC(C4)C2)C3)ccc1OC(F)F. The van der Waals surface area contributed by atoms with Gasteiger partial charge in [0.25, 0.3) is 5.91 Å². The van der Waals surface area contributed by atoms with E-state index in [9.17, 15) is 18.4 Å². The van der Waals surface area contributed by atoms with Crippen molar-refractivity contribution >= 4 is 11.9 Å². The molecule has 4 saturated carbocycles. The number of carbonyl (C=O) groups excluding carboxylic acids is 2. The van der Waals surface area contributed by atoms with Crippen LogP contribution >= 0.6 is 0 Å². The zero-order valence-electron chi connectivity index (χ0n) is 17.0. The summed E-state index contributed by atoms with van der Waals surface area (Å²) in [4.78, 5) is 25.0. The second kappa shape index (κ2) is 8.40. The van der Waals surface area contributed by atoms with E-state index in [0.29, 0.717) is 23.3 Å². The van der Waals surface area contributed by atoms with Crippen LogP contribution in [0, 0.1) is 23.2 Å². The molecule has 1 aromatic rings. The molecular formula is C22H27F2NO5. The minimum atomic E-state index is -2.95. The zero-order chi connectivity index (χ0) is 21.3. The Morgan fingerprint density at radius 3 is 2.30 bits per heavy atom. The van der Waals surface area contributed by atoms with E-state index in [-0.39, 0.29) is 36.0 Å². The molecule has 8 heteroatoms. The summed E-state index contributed by atoms with van der Waals surface area (Å²) in [7, 11) is 1.35. The average molecular weight is 423 g/mol. The average Bonchev–Trinajstić information content (AvgIpc) is 2.69. The standard InChI is InChI=1S/C22H27F2NO5/c1-28-18-7-13(2-3-17(18)30-21(23)24)11-25-19(26)12-29-20(27)22-8-14-4-15(9-22)6-16(5-14)10-22/h2-3,7,14-16,21H,4-6,8-12H2,1H3,(H,25,26). The van der Waals surface area contributed by atoms with Crippen molar-refractivity contribution in [1.82, 2.24) is 5.32 Å². The third-order valence-corrected chi connectivity index (χ3v) is 6.74. The lowest BCUT2D eigenvalue weighted by Crippen LogP contribution is -2.51. The Bertz CT molecular complexity index is 777. The third kappa shape index (κ3) is 4.37. The fourth-order valence-electron chi connectivity index (χ4n) is 5.91.